The summed E-state index contributed by atoms with van der Waals surface area (Å²) in [7, 11) is 0. The van der Waals surface area contributed by atoms with Gasteiger partial charge in [0.2, 0.25) is 11.8 Å². The first-order valence-corrected chi connectivity index (χ1v) is 12.7. The molecule has 0 aliphatic carbocycles. The second-order valence-electron chi connectivity index (χ2n) is 9.74. The zero-order valence-corrected chi connectivity index (χ0v) is 20.8. The SMILES string of the molecule is CCn1nnc([C@H]2O[C@@H](n3cnc4c(N)nc(N5CC[C@@H](NC(=O)NC6CCNC6)C5)nc43)[C@@H](O)[C@@H]2O)n1. The minimum Gasteiger partial charge on any atom is -0.387 e. The largest absolute Gasteiger partial charge is 0.387 e. The Labute approximate surface area is 216 Å². The molecule has 0 saturated carbocycles. The van der Waals surface area contributed by atoms with E-state index in [9.17, 15) is 15.0 Å². The van der Waals surface area contributed by atoms with E-state index in [1.807, 2.05) is 11.8 Å². The molecule has 38 heavy (non-hydrogen) atoms. The Kier molecular flexibility index (Phi) is 6.42. The Morgan fingerprint density at radius 2 is 2.08 bits per heavy atom. The van der Waals surface area contributed by atoms with Crippen molar-refractivity contribution in [2.45, 2.75) is 62.9 Å². The number of amides is 2. The van der Waals surface area contributed by atoms with Gasteiger partial charge in [0.05, 0.1) is 12.9 Å². The van der Waals surface area contributed by atoms with Crippen LogP contribution in [0.5, 0.6) is 0 Å². The first-order valence-electron chi connectivity index (χ1n) is 12.7. The molecule has 2 amide bonds. The topological polar surface area (TPSA) is 219 Å². The van der Waals surface area contributed by atoms with Gasteiger partial charge in [-0.15, -0.1) is 10.2 Å². The molecule has 3 aromatic rings. The number of nitrogen functional groups attached to an aromatic ring is 1. The molecule has 6 rings (SSSR count). The van der Waals surface area contributed by atoms with Crippen LogP contribution in [-0.2, 0) is 11.3 Å². The van der Waals surface area contributed by atoms with E-state index in [1.54, 1.807) is 0 Å². The summed E-state index contributed by atoms with van der Waals surface area (Å²) in [6, 6.07) is -0.123. The van der Waals surface area contributed by atoms with Gasteiger partial charge in [-0.1, -0.05) is 0 Å². The molecule has 0 bridgehead atoms. The summed E-state index contributed by atoms with van der Waals surface area (Å²) >= 11 is 0. The summed E-state index contributed by atoms with van der Waals surface area (Å²) in [5, 5.41) is 42.8. The van der Waals surface area contributed by atoms with Crippen LogP contribution < -0.4 is 26.6 Å². The maximum Gasteiger partial charge on any atom is 0.315 e. The number of urea groups is 1. The van der Waals surface area contributed by atoms with Crippen LogP contribution in [0.25, 0.3) is 11.2 Å². The molecule has 3 aliphatic heterocycles. The zero-order valence-electron chi connectivity index (χ0n) is 20.8. The van der Waals surface area contributed by atoms with E-state index in [4.69, 9.17) is 10.5 Å². The number of hydrogen-bond acceptors (Lipinski definition) is 13. The number of carbonyl (C=O) groups is 1. The van der Waals surface area contributed by atoms with Crippen molar-refractivity contribution in [2.75, 3.05) is 36.8 Å². The Morgan fingerprint density at radius 1 is 1.24 bits per heavy atom. The number of nitrogens with one attached hydrogen (secondary N) is 3. The van der Waals surface area contributed by atoms with Gasteiger partial charge < -0.3 is 41.5 Å². The molecule has 204 valence electrons. The second-order valence-corrected chi connectivity index (χ2v) is 9.74. The van der Waals surface area contributed by atoms with Gasteiger partial charge in [0.1, 0.15) is 17.7 Å². The number of nitrogens with two attached hydrogens (primary N) is 1. The van der Waals surface area contributed by atoms with Crippen molar-refractivity contribution < 1.29 is 19.7 Å². The van der Waals surface area contributed by atoms with E-state index in [0.717, 1.165) is 25.9 Å². The van der Waals surface area contributed by atoms with Gasteiger partial charge in [-0.3, -0.25) is 4.57 Å². The monoisotopic (exact) mass is 529 g/mol. The van der Waals surface area contributed by atoms with Crippen molar-refractivity contribution in [3.8, 4) is 0 Å². The van der Waals surface area contributed by atoms with Crippen LogP contribution in [0.1, 0.15) is 37.9 Å². The highest BCUT2D eigenvalue weighted by Crippen LogP contribution is 2.39. The Hall–Kier alpha value is -3.67. The van der Waals surface area contributed by atoms with Crippen LogP contribution in [0, 0.1) is 0 Å². The van der Waals surface area contributed by atoms with Gasteiger partial charge >= 0.3 is 6.03 Å². The third kappa shape index (κ3) is 4.46. The van der Waals surface area contributed by atoms with Gasteiger partial charge in [-0.05, 0) is 31.5 Å². The van der Waals surface area contributed by atoms with Crippen molar-refractivity contribution in [3.63, 3.8) is 0 Å². The number of aliphatic hydroxyl groups excluding tert-OH is 2. The quantitative estimate of drug-likeness (QED) is 0.197. The van der Waals surface area contributed by atoms with E-state index in [-0.39, 0.29) is 29.8 Å². The summed E-state index contributed by atoms with van der Waals surface area (Å²) < 4.78 is 7.49. The summed E-state index contributed by atoms with van der Waals surface area (Å²) in [6.45, 7) is 5.17. The smallest absolute Gasteiger partial charge is 0.315 e. The first kappa shape index (κ1) is 24.7. The molecular formula is C21H31N13O4. The molecule has 0 radical (unpaired) electrons. The van der Waals surface area contributed by atoms with E-state index in [0.29, 0.717) is 36.7 Å². The molecule has 1 unspecified atom stereocenters. The fourth-order valence-corrected chi connectivity index (χ4v) is 5.11. The highest BCUT2D eigenvalue weighted by molar-refractivity contribution is 5.83. The Balaban J connectivity index is 1.19. The highest BCUT2D eigenvalue weighted by atomic mass is 16.6. The predicted octanol–water partition coefficient (Wildman–Crippen LogP) is -2.35. The number of aryl methyl sites for hydroxylation is 1. The number of rotatable bonds is 6. The fraction of sp³-hybridized carbons (Fsp3) is 0.667. The number of nitrogens with zero attached hydrogens (tertiary/aromatic N) is 9. The van der Waals surface area contributed by atoms with E-state index >= 15 is 0 Å². The number of ether oxygens (including phenoxy) is 1. The number of tetrazole rings is 1. The molecule has 0 aromatic carbocycles. The number of carbonyl (C=O) groups excluding carboxylic acids is 1. The number of anilines is 2. The molecule has 6 atom stereocenters. The van der Waals surface area contributed by atoms with E-state index in [1.165, 1.54) is 15.7 Å². The number of fused-ring (bicyclic) bond motifs is 1. The maximum atomic E-state index is 12.4. The van der Waals surface area contributed by atoms with E-state index < -0.39 is 24.5 Å². The number of hydrogen-bond donors (Lipinski definition) is 6. The molecule has 3 saturated heterocycles. The van der Waals surface area contributed by atoms with Gasteiger partial charge in [0.15, 0.2) is 23.8 Å². The average molecular weight is 530 g/mol. The lowest BCUT2D eigenvalue weighted by Gasteiger charge is -2.20. The van der Waals surface area contributed by atoms with Gasteiger partial charge in [0.25, 0.3) is 0 Å². The molecule has 6 heterocycles. The van der Waals surface area contributed by atoms with Gasteiger partial charge in [-0.2, -0.15) is 14.8 Å². The summed E-state index contributed by atoms with van der Waals surface area (Å²) in [6.07, 6.45) is -1.52. The Bertz CT molecular complexity index is 1310. The Morgan fingerprint density at radius 3 is 2.84 bits per heavy atom. The van der Waals surface area contributed by atoms with Crippen LogP contribution in [0.15, 0.2) is 6.33 Å². The number of imidazole rings is 1. The van der Waals surface area contributed by atoms with Crippen LogP contribution >= 0.6 is 0 Å². The number of aliphatic hydroxyl groups is 2. The molecule has 0 spiro atoms. The zero-order chi connectivity index (χ0) is 26.4. The summed E-state index contributed by atoms with van der Waals surface area (Å²) in [4.78, 5) is 29.1. The first-order chi connectivity index (χ1) is 18.4. The molecular weight excluding hydrogens is 498 g/mol. The van der Waals surface area contributed by atoms with Crippen LogP contribution in [0.4, 0.5) is 16.6 Å². The van der Waals surface area contributed by atoms with E-state index in [2.05, 4.69) is 46.3 Å². The lowest BCUT2D eigenvalue weighted by molar-refractivity contribution is -0.0384. The standard InChI is InChI=1S/C21H31N13O4/c1-2-34-30-17(29-31-34)15-13(35)14(36)19(38-15)33-9-24-12-16(22)27-20(28-18(12)33)32-6-4-11(8-32)26-21(37)25-10-3-5-23-7-10/h9-11,13-15,19,23,35-36H,2-8H2,1H3,(H2,22,27,28)(H2,25,26,37)/t10?,11-,13+,14+,15+,19-/m1/s1. The van der Waals surface area contributed by atoms with Crippen molar-refractivity contribution >= 4 is 29.0 Å². The molecule has 3 fully saturated rings. The van der Waals surface area contributed by atoms with Gasteiger partial charge in [0, 0.05) is 31.7 Å². The van der Waals surface area contributed by atoms with Crippen molar-refractivity contribution in [2.24, 2.45) is 0 Å². The molecule has 3 aliphatic rings. The highest BCUT2D eigenvalue weighted by Gasteiger charge is 2.47. The molecule has 7 N–H and O–H groups in total. The summed E-state index contributed by atoms with van der Waals surface area (Å²) in [5.41, 5.74) is 6.91. The van der Waals surface area contributed by atoms with Crippen LogP contribution in [-0.4, -0.2) is 106 Å². The third-order valence-electron chi connectivity index (χ3n) is 7.16. The minimum absolute atomic E-state index is 0.0743. The van der Waals surface area contributed by atoms with Crippen LogP contribution in [0.3, 0.4) is 0 Å². The summed E-state index contributed by atoms with van der Waals surface area (Å²) in [5.74, 6) is 0.714. The van der Waals surface area contributed by atoms with Crippen molar-refractivity contribution in [1.29, 1.82) is 0 Å². The third-order valence-corrected chi connectivity index (χ3v) is 7.16. The van der Waals surface area contributed by atoms with Gasteiger partial charge in [-0.25, -0.2) is 9.78 Å². The molecule has 3 aromatic heterocycles. The average Bonchev–Trinajstić information content (AvgIpc) is 3.72. The molecule has 17 heteroatoms. The predicted molar refractivity (Wildman–Crippen MR) is 132 cm³/mol. The fourth-order valence-electron chi connectivity index (χ4n) is 5.11. The van der Waals surface area contributed by atoms with Crippen molar-refractivity contribution in [1.82, 2.24) is 55.7 Å². The van der Waals surface area contributed by atoms with Crippen LogP contribution in [0.2, 0.25) is 0 Å². The van der Waals surface area contributed by atoms with Crippen molar-refractivity contribution in [3.05, 3.63) is 12.2 Å². The lowest BCUT2D eigenvalue weighted by Crippen LogP contribution is -2.47. The minimum atomic E-state index is -1.31. The normalized spacial score (nSPS) is 29.4. The molecule has 17 nitrogen and oxygen atoms in total. The maximum absolute atomic E-state index is 12.4. The second kappa shape index (κ2) is 9.90. The lowest BCUT2D eigenvalue weighted by atomic mass is 10.1. The number of aromatic nitrogens is 8.